The van der Waals surface area contributed by atoms with Crippen molar-refractivity contribution in [2.45, 2.75) is 126 Å². The van der Waals surface area contributed by atoms with Crippen LogP contribution in [0.2, 0.25) is 0 Å². The Kier molecular flexibility index (Phi) is 19.5. The van der Waals surface area contributed by atoms with E-state index in [0.29, 0.717) is 58.0 Å². The number of carbonyl (C=O) groups excluding carboxylic acids is 3. The summed E-state index contributed by atoms with van der Waals surface area (Å²) >= 11 is 0. The van der Waals surface area contributed by atoms with Gasteiger partial charge in [0, 0.05) is 32.1 Å². The Balaban J connectivity index is 1.55. The van der Waals surface area contributed by atoms with E-state index in [1.807, 2.05) is 0 Å². The standard InChI is InChI=1S/C30H54N2O15/c1-17(36)19(32-22(37)9-3-5-11-44-29-27(42)25(40)23(38)20(15-34)46-29)8-2-4-10-31-13-18(14-33)7-6-12-45-30-28(43)26(41)24(39)21(16-35)47-30/h14,18-21,23-31,34-35,38-43H,2-13,15-16H2,1H3,(H,32,37)/t18?,19-,20?,21?,23?,24?,25?,26?,27?,28?,29?,30?/m1/s1. The number of nitrogens with one attached hydrogen (secondary N) is 2. The number of ether oxygens (including phenoxy) is 4. The first-order chi connectivity index (χ1) is 22.4. The number of aliphatic hydroxyl groups excluding tert-OH is 8. The predicted molar refractivity (Wildman–Crippen MR) is 161 cm³/mol. The highest BCUT2D eigenvalue weighted by atomic mass is 16.7. The van der Waals surface area contributed by atoms with Crippen LogP contribution in [0.5, 0.6) is 0 Å². The Morgan fingerprint density at radius 2 is 1.30 bits per heavy atom. The van der Waals surface area contributed by atoms with Crippen LogP contribution in [-0.2, 0) is 33.3 Å². The molecule has 0 spiro atoms. The quantitative estimate of drug-likeness (QED) is 0.0366. The highest BCUT2D eigenvalue weighted by molar-refractivity contribution is 5.87. The molecule has 10 N–H and O–H groups in total. The van der Waals surface area contributed by atoms with Crippen molar-refractivity contribution in [2.75, 3.05) is 39.5 Å². The Hall–Kier alpha value is -1.71. The van der Waals surface area contributed by atoms with Gasteiger partial charge in [-0.3, -0.25) is 9.59 Å². The first-order valence-electron chi connectivity index (χ1n) is 16.2. The van der Waals surface area contributed by atoms with Gasteiger partial charge in [0.25, 0.3) is 0 Å². The summed E-state index contributed by atoms with van der Waals surface area (Å²) in [5.74, 6) is -0.745. The number of ketones is 1. The summed E-state index contributed by atoms with van der Waals surface area (Å²) in [5.41, 5.74) is 0. The number of aldehydes is 1. The second kappa shape index (κ2) is 22.1. The third kappa shape index (κ3) is 13.6. The fraction of sp³-hybridized carbons (Fsp3) is 0.900. The number of hydrogen-bond acceptors (Lipinski definition) is 16. The number of amides is 1. The van der Waals surface area contributed by atoms with Crippen LogP contribution in [0.4, 0.5) is 0 Å². The van der Waals surface area contributed by atoms with Gasteiger partial charge in [0.15, 0.2) is 18.4 Å². The summed E-state index contributed by atoms with van der Waals surface area (Å²) < 4.78 is 21.4. The molecule has 2 aliphatic heterocycles. The van der Waals surface area contributed by atoms with E-state index in [0.717, 1.165) is 6.29 Å². The fourth-order valence-corrected chi connectivity index (χ4v) is 5.29. The number of aliphatic hydroxyl groups is 8. The van der Waals surface area contributed by atoms with E-state index >= 15 is 0 Å². The van der Waals surface area contributed by atoms with E-state index in [-0.39, 0.29) is 37.2 Å². The Labute approximate surface area is 274 Å². The van der Waals surface area contributed by atoms with Crippen molar-refractivity contribution in [3.05, 3.63) is 0 Å². The third-order valence-corrected chi connectivity index (χ3v) is 8.30. The lowest BCUT2D eigenvalue weighted by atomic mass is 9.99. The van der Waals surface area contributed by atoms with Crippen molar-refractivity contribution in [3.63, 3.8) is 0 Å². The molecule has 17 nitrogen and oxygen atoms in total. The molecule has 2 aliphatic rings. The molecule has 0 bridgehead atoms. The Morgan fingerprint density at radius 1 is 0.745 bits per heavy atom. The molecule has 12 atom stereocenters. The van der Waals surface area contributed by atoms with Crippen LogP contribution < -0.4 is 10.6 Å². The molecule has 1 amide bonds. The molecule has 2 heterocycles. The monoisotopic (exact) mass is 682 g/mol. The maximum atomic E-state index is 12.4. The molecule has 2 saturated heterocycles. The average Bonchev–Trinajstić information content (AvgIpc) is 3.05. The van der Waals surface area contributed by atoms with Gasteiger partial charge in [-0.2, -0.15) is 0 Å². The van der Waals surface area contributed by atoms with Gasteiger partial charge in [0.2, 0.25) is 5.91 Å². The molecule has 47 heavy (non-hydrogen) atoms. The second-order valence-corrected chi connectivity index (χ2v) is 12.1. The molecule has 2 rings (SSSR count). The Morgan fingerprint density at radius 3 is 1.81 bits per heavy atom. The molecule has 0 aliphatic carbocycles. The van der Waals surface area contributed by atoms with Crippen LogP contribution in [0.25, 0.3) is 0 Å². The summed E-state index contributed by atoms with van der Waals surface area (Å²) in [6.07, 6.45) is -8.91. The molecule has 17 heteroatoms. The smallest absolute Gasteiger partial charge is 0.220 e. The van der Waals surface area contributed by atoms with Crippen LogP contribution >= 0.6 is 0 Å². The first kappa shape index (κ1) is 41.5. The number of carbonyl (C=O) groups is 3. The van der Waals surface area contributed by atoms with Gasteiger partial charge in [-0.1, -0.05) is 0 Å². The summed E-state index contributed by atoms with van der Waals surface area (Å²) in [7, 11) is 0. The summed E-state index contributed by atoms with van der Waals surface area (Å²) in [5, 5.41) is 83.7. The first-order valence-corrected chi connectivity index (χ1v) is 16.2. The highest BCUT2D eigenvalue weighted by Crippen LogP contribution is 2.23. The maximum Gasteiger partial charge on any atom is 0.220 e. The lowest BCUT2D eigenvalue weighted by Gasteiger charge is -2.39. The van der Waals surface area contributed by atoms with Gasteiger partial charge >= 0.3 is 0 Å². The fourth-order valence-electron chi connectivity index (χ4n) is 5.29. The van der Waals surface area contributed by atoms with Crippen LogP contribution in [0.15, 0.2) is 0 Å². The molecular weight excluding hydrogens is 628 g/mol. The molecule has 274 valence electrons. The van der Waals surface area contributed by atoms with Crippen LogP contribution in [0.3, 0.4) is 0 Å². The minimum atomic E-state index is -1.53. The molecule has 0 aromatic rings. The Bertz CT molecular complexity index is 913. The van der Waals surface area contributed by atoms with Gasteiger partial charge < -0.3 is 75.2 Å². The van der Waals surface area contributed by atoms with Gasteiger partial charge in [-0.15, -0.1) is 0 Å². The van der Waals surface area contributed by atoms with Crippen molar-refractivity contribution in [1.29, 1.82) is 0 Å². The van der Waals surface area contributed by atoms with E-state index in [2.05, 4.69) is 10.6 Å². The molecule has 11 unspecified atom stereocenters. The van der Waals surface area contributed by atoms with Gasteiger partial charge in [-0.25, -0.2) is 0 Å². The van der Waals surface area contributed by atoms with Crippen molar-refractivity contribution in [3.8, 4) is 0 Å². The largest absolute Gasteiger partial charge is 0.394 e. The van der Waals surface area contributed by atoms with E-state index < -0.39 is 80.7 Å². The number of unbranched alkanes of at least 4 members (excludes halogenated alkanes) is 2. The minimum absolute atomic E-state index is 0.0972. The summed E-state index contributed by atoms with van der Waals surface area (Å²) in [6.45, 7) is 1.55. The predicted octanol–water partition coefficient (Wildman–Crippen LogP) is -3.78. The normalized spacial score (nSPS) is 32.4. The molecule has 0 radical (unpaired) electrons. The molecule has 0 saturated carbocycles. The molecule has 0 aromatic heterocycles. The van der Waals surface area contributed by atoms with Gasteiger partial charge in [0.1, 0.15) is 55.1 Å². The summed E-state index contributed by atoms with van der Waals surface area (Å²) in [4.78, 5) is 35.9. The second-order valence-electron chi connectivity index (χ2n) is 12.1. The van der Waals surface area contributed by atoms with Crippen LogP contribution in [-0.4, -0.2) is 166 Å². The van der Waals surface area contributed by atoms with E-state index in [4.69, 9.17) is 18.9 Å². The lowest BCUT2D eigenvalue weighted by Crippen LogP contribution is -2.59. The minimum Gasteiger partial charge on any atom is -0.394 e. The molecule has 2 fully saturated rings. The maximum absolute atomic E-state index is 12.4. The third-order valence-electron chi connectivity index (χ3n) is 8.30. The summed E-state index contributed by atoms with van der Waals surface area (Å²) in [6, 6.07) is -0.626. The van der Waals surface area contributed by atoms with E-state index in [1.165, 1.54) is 6.92 Å². The van der Waals surface area contributed by atoms with Crippen molar-refractivity contribution >= 4 is 18.0 Å². The zero-order valence-electron chi connectivity index (χ0n) is 26.8. The molecular formula is C30H54N2O15. The number of Topliss-reactive ketones (excluding diaryl/α,β-unsaturated/α-hetero) is 1. The van der Waals surface area contributed by atoms with Crippen molar-refractivity contribution in [2.24, 2.45) is 5.92 Å². The van der Waals surface area contributed by atoms with Crippen LogP contribution in [0, 0.1) is 5.92 Å². The number of rotatable bonds is 23. The van der Waals surface area contributed by atoms with Crippen molar-refractivity contribution < 1.29 is 74.2 Å². The zero-order valence-corrected chi connectivity index (χ0v) is 26.8. The van der Waals surface area contributed by atoms with Crippen molar-refractivity contribution in [1.82, 2.24) is 10.6 Å². The van der Waals surface area contributed by atoms with Gasteiger partial charge in [0.05, 0.1) is 19.3 Å². The highest BCUT2D eigenvalue weighted by Gasteiger charge is 2.45. The molecule has 0 aromatic carbocycles. The topological polar surface area (TPSA) is 274 Å². The van der Waals surface area contributed by atoms with Crippen LogP contribution in [0.1, 0.15) is 58.3 Å². The SMILES string of the molecule is CC(=O)[C@@H](CCCCNCC(C=O)CCCOC1OC(CO)C(O)C(O)C1O)NC(=O)CCCCOC1OC(CO)C(O)C(O)C1O. The van der Waals surface area contributed by atoms with Gasteiger partial charge in [-0.05, 0) is 58.4 Å². The van der Waals surface area contributed by atoms with E-state index in [1.54, 1.807) is 0 Å². The zero-order chi connectivity index (χ0) is 34.9. The van der Waals surface area contributed by atoms with E-state index in [9.17, 15) is 55.2 Å². The number of hydrogen-bond donors (Lipinski definition) is 10. The average molecular weight is 683 g/mol. The lowest BCUT2D eigenvalue weighted by molar-refractivity contribution is -0.301.